The second-order valence-electron chi connectivity index (χ2n) is 7.77. The number of fused-ring (bicyclic) bond motifs is 1. The Bertz CT molecular complexity index is 1120. The van der Waals surface area contributed by atoms with Gasteiger partial charge in [0, 0.05) is 31.1 Å². The molecule has 30 heavy (non-hydrogen) atoms. The summed E-state index contributed by atoms with van der Waals surface area (Å²) in [5.74, 6) is -1.82. The van der Waals surface area contributed by atoms with Crippen LogP contribution >= 0.6 is 0 Å². The molecule has 1 aromatic heterocycles. The van der Waals surface area contributed by atoms with E-state index in [-0.39, 0.29) is 17.1 Å². The molecule has 1 amide bonds. The van der Waals surface area contributed by atoms with E-state index >= 15 is 0 Å². The first-order valence-electron chi connectivity index (χ1n) is 9.73. The summed E-state index contributed by atoms with van der Waals surface area (Å²) in [7, 11) is 0. The number of aromatic amines is 1. The molecule has 3 unspecified atom stereocenters. The van der Waals surface area contributed by atoms with E-state index in [1.54, 1.807) is 6.07 Å². The summed E-state index contributed by atoms with van der Waals surface area (Å²) in [6.45, 7) is 3.61. The maximum atomic E-state index is 13.1. The Hall–Kier alpha value is -3.74. The highest BCUT2D eigenvalue weighted by Gasteiger charge is 2.41. The average molecular weight is 408 g/mol. The van der Waals surface area contributed by atoms with Crippen LogP contribution in [0.25, 0.3) is 0 Å². The van der Waals surface area contributed by atoms with Crippen LogP contribution in [0.2, 0.25) is 0 Å². The number of nitro benzene ring substituents is 1. The maximum absolute atomic E-state index is 13.1. The molecule has 0 radical (unpaired) electrons. The van der Waals surface area contributed by atoms with Crippen molar-refractivity contribution in [3.63, 3.8) is 0 Å². The molecule has 0 aliphatic carbocycles. The summed E-state index contributed by atoms with van der Waals surface area (Å²) in [6, 6.07) is 7.58. The number of nitriles is 1. The van der Waals surface area contributed by atoms with Gasteiger partial charge in [-0.05, 0) is 24.3 Å². The quantitative estimate of drug-likeness (QED) is 0.584. The van der Waals surface area contributed by atoms with Crippen LogP contribution in [-0.2, 0) is 4.79 Å². The van der Waals surface area contributed by atoms with Crippen LogP contribution in [0.15, 0.2) is 29.1 Å². The number of hydrogen-bond donors (Lipinski definition) is 2. The molecule has 1 saturated heterocycles. The molecule has 10 nitrogen and oxygen atoms in total. The highest BCUT2D eigenvalue weighted by molar-refractivity contribution is 5.98. The van der Waals surface area contributed by atoms with Gasteiger partial charge in [-0.15, -0.1) is 0 Å². The van der Waals surface area contributed by atoms with Crippen LogP contribution in [0.3, 0.4) is 0 Å². The lowest BCUT2D eigenvalue weighted by atomic mass is 9.79. The van der Waals surface area contributed by atoms with E-state index in [1.807, 2.05) is 11.0 Å². The van der Waals surface area contributed by atoms with Crippen molar-refractivity contribution in [3.8, 4) is 6.07 Å². The molecule has 2 aromatic rings. The van der Waals surface area contributed by atoms with Crippen molar-refractivity contribution in [2.45, 2.75) is 25.7 Å². The summed E-state index contributed by atoms with van der Waals surface area (Å²) in [5.41, 5.74) is -0.168. The molecule has 4 rings (SSSR count). The number of non-ortho nitro benzene ring substituents is 1. The first kappa shape index (κ1) is 19.6. The Morgan fingerprint density at radius 2 is 2.17 bits per heavy atom. The van der Waals surface area contributed by atoms with Crippen LogP contribution in [0, 0.1) is 33.3 Å². The molecule has 0 spiro atoms. The Labute approximate surface area is 171 Å². The van der Waals surface area contributed by atoms with Crippen molar-refractivity contribution in [3.05, 3.63) is 55.9 Å². The smallest absolute Gasteiger partial charge is 0.269 e. The predicted molar refractivity (Wildman–Crippen MR) is 108 cm³/mol. The Balaban J connectivity index is 1.84. The minimum Gasteiger partial charge on any atom is -0.342 e. The number of benzene rings is 1. The van der Waals surface area contributed by atoms with E-state index in [4.69, 9.17) is 0 Å². The van der Waals surface area contributed by atoms with Gasteiger partial charge in [-0.25, -0.2) is 0 Å². The summed E-state index contributed by atoms with van der Waals surface area (Å²) in [5, 5.41) is 23.4. The molecule has 10 heteroatoms. The van der Waals surface area contributed by atoms with Crippen LogP contribution in [0.5, 0.6) is 0 Å². The zero-order chi connectivity index (χ0) is 21.4. The van der Waals surface area contributed by atoms with E-state index in [2.05, 4.69) is 22.2 Å². The zero-order valence-electron chi connectivity index (χ0n) is 16.3. The van der Waals surface area contributed by atoms with Gasteiger partial charge in [0.2, 0.25) is 11.9 Å². The summed E-state index contributed by atoms with van der Waals surface area (Å²) in [6.07, 6.45) is 2.07. The van der Waals surface area contributed by atoms with Crippen molar-refractivity contribution in [1.82, 2.24) is 9.97 Å². The molecular formula is C20H20N6O4. The fourth-order valence-corrected chi connectivity index (χ4v) is 4.22. The number of anilines is 2. The van der Waals surface area contributed by atoms with Crippen molar-refractivity contribution >= 4 is 23.4 Å². The summed E-state index contributed by atoms with van der Waals surface area (Å²) in [4.78, 5) is 45.5. The van der Waals surface area contributed by atoms with Gasteiger partial charge in [-0.3, -0.25) is 24.7 Å². The number of hydrogen-bond acceptors (Lipinski definition) is 7. The number of nitro groups is 1. The number of piperidine rings is 1. The van der Waals surface area contributed by atoms with Gasteiger partial charge < -0.3 is 10.2 Å². The topological polar surface area (TPSA) is 145 Å². The van der Waals surface area contributed by atoms with E-state index in [0.717, 1.165) is 25.9 Å². The van der Waals surface area contributed by atoms with E-state index in [9.17, 15) is 25.0 Å². The monoisotopic (exact) mass is 408 g/mol. The van der Waals surface area contributed by atoms with Gasteiger partial charge >= 0.3 is 0 Å². The van der Waals surface area contributed by atoms with Crippen LogP contribution in [0.4, 0.5) is 17.5 Å². The normalized spacial score (nSPS) is 23.3. The van der Waals surface area contributed by atoms with E-state index in [0.29, 0.717) is 17.4 Å². The highest BCUT2D eigenvalue weighted by Crippen LogP contribution is 2.39. The Morgan fingerprint density at radius 3 is 2.87 bits per heavy atom. The fraction of sp³-hybridized carbons (Fsp3) is 0.400. The number of carbonyl (C=O) groups excluding carboxylic acids is 1. The van der Waals surface area contributed by atoms with Crippen molar-refractivity contribution in [2.24, 2.45) is 11.8 Å². The number of amides is 1. The number of nitrogens with zero attached hydrogens (tertiary/aromatic N) is 4. The highest BCUT2D eigenvalue weighted by atomic mass is 16.6. The van der Waals surface area contributed by atoms with Gasteiger partial charge in [0.15, 0.2) is 0 Å². The summed E-state index contributed by atoms with van der Waals surface area (Å²) >= 11 is 0. The van der Waals surface area contributed by atoms with E-state index < -0.39 is 28.2 Å². The average Bonchev–Trinajstić information content (AvgIpc) is 2.72. The third kappa shape index (κ3) is 3.39. The molecule has 0 bridgehead atoms. The van der Waals surface area contributed by atoms with Crippen LogP contribution in [-0.4, -0.2) is 33.9 Å². The second kappa shape index (κ2) is 7.59. The van der Waals surface area contributed by atoms with Gasteiger partial charge in [0.05, 0.1) is 16.6 Å². The lowest BCUT2D eigenvalue weighted by Crippen LogP contribution is -2.41. The molecule has 2 N–H and O–H groups in total. The van der Waals surface area contributed by atoms with Gasteiger partial charge in [0.1, 0.15) is 11.7 Å². The molecular weight excluding hydrogens is 388 g/mol. The second-order valence-corrected chi connectivity index (χ2v) is 7.77. The van der Waals surface area contributed by atoms with Crippen molar-refractivity contribution < 1.29 is 9.72 Å². The largest absolute Gasteiger partial charge is 0.342 e. The van der Waals surface area contributed by atoms with E-state index in [1.165, 1.54) is 18.2 Å². The number of carbonyl (C=O) groups is 1. The van der Waals surface area contributed by atoms with Crippen LogP contribution < -0.4 is 15.8 Å². The molecule has 2 aliphatic heterocycles. The van der Waals surface area contributed by atoms with Gasteiger partial charge in [-0.2, -0.15) is 10.2 Å². The minimum absolute atomic E-state index is 0.0972. The number of H-pyrrole nitrogens is 1. The number of rotatable bonds is 3. The van der Waals surface area contributed by atoms with Crippen LogP contribution in [0.1, 0.15) is 36.8 Å². The first-order chi connectivity index (χ1) is 14.4. The van der Waals surface area contributed by atoms with Crippen molar-refractivity contribution in [1.29, 1.82) is 5.26 Å². The lowest BCUT2D eigenvalue weighted by molar-refractivity contribution is -0.384. The number of nitrogens with one attached hydrogen (secondary N) is 2. The SMILES string of the molecule is CC1CCCN(c2nc3c(c(=O)[nH]2)C(c2cccc([N+](=O)[O-])c2)C(C#N)C(=O)N3)C1. The molecule has 3 atom stereocenters. The minimum atomic E-state index is -1.21. The maximum Gasteiger partial charge on any atom is 0.269 e. The molecule has 1 aromatic carbocycles. The molecule has 3 heterocycles. The molecule has 0 saturated carbocycles. The third-order valence-electron chi connectivity index (χ3n) is 5.65. The summed E-state index contributed by atoms with van der Waals surface area (Å²) < 4.78 is 0. The van der Waals surface area contributed by atoms with Crippen molar-refractivity contribution in [2.75, 3.05) is 23.3 Å². The fourth-order valence-electron chi connectivity index (χ4n) is 4.22. The van der Waals surface area contributed by atoms with Gasteiger partial charge in [0.25, 0.3) is 11.2 Å². The predicted octanol–water partition coefficient (Wildman–Crippen LogP) is 2.14. The molecule has 154 valence electrons. The third-order valence-corrected chi connectivity index (χ3v) is 5.65. The number of aromatic nitrogens is 2. The Morgan fingerprint density at radius 1 is 1.37 bits per heavy atom. The zero-order valence-corrected chi connectivity index (χ0v) is 16.3. The standard InChI is InChI=1S/C20H20N6O4/c1-11-4-3-7-25(10-11)20-23-17-16(19(28)24-20)15(14(9-21)18(27)22-17)12-5-2-6-13(8-12)26(29)30/h2,5-6,8,11,14-15H,3-4,7,10H2,1H3,(H2,22,23,24,27,28). The molecule has 1 fully saturated rings. The van der Waals surface area contributed by atoms with Gasteiger partial charge in [-0.1, -0.05) is 19.1 Å². The molecule has 2 aliphatic rings. The Kier molecular flexibility index (Phi) is 4.95. The lowest BCUT2D eigenvalue weighted by Gasteiger charge is -2.33. The first-order valence-corrected chi connectivity index (χ1v) is 9.73.